The second-order valence-electron chi connectivity index (χ2n) is 4.06. The van der Waals surface area contributed by atoms with E-state index in [1.807, 2.05) is 0 Å². The summed E-state index contributed by atoms with van der Waals surface area (Å²) in [6, 6.07) is 5.57. The molecule has 0 amide bonds. The average Bonchev–Trinajstić information content (AvgIpc) is 2.33. The molecule has 0 radical (unpaired) electrons. The fourth-order valence-corrected chi connectivity index (χ4v) is 1.57. The summed E-state index contributed by atoms with van der Waals surface area (Å²) in [5, 5.41) is 0. The van der Waals surface area contributed by atoms with Crippen LogP contribution in [-0.2, 0) is 4.74 Å². The van der Waals surface area contributed by atoms with Gasteiger partial charge in [-0.05, 0) is 24.6 Å². The second-order valence-corrected chi connectivity index (χ2v) is 4.06. The number of benzene rings is 1. The van der Waals surface area contributed by atoms with Gasteiger partial charge in [0.15, 0.2) is 0 Å². The second kappa shape index (κ2) is 7.82. The highest BCUT2D eigenvalue weighted by molar-refractivity contribution is 5.89. The van der Waals surface area contributed by atoms with Crippen LogP contribution >= 0.6 is 0 Å². The first kappa shape index (κ1) is 13.7. The van der Waals surface area contributed by atoms with Crippen LogP contribution in [0.15, 0.2) is 24.3 Å². The van der Waals surface area contributed by atoms with Gasteiger partial charge in [-0.2, -0.15) is 0 Å². The van der Waals surface area contributed by atoms with Crippen molar-refractivity contribution in [3.8, 4) is 0 Å². The molecule has 0 aliphatic heterocycles. The molecule has 17 heavy (non-hydrogen) atoms. The Morgan fingerprint density at radius 2 is 2.00 bits per heavy atom. The summed E-state index contributed by atoms with van der Waals surface area (Å²) in [6.07, 6.45) is 5.54. The highest BCUT2D eigenvalue weighted by Gasteiger charge is 2.07. The van der Waals surface area contributed by atoms with Crippen molar-refractivity contribution in [1.82, 2.24) is 0 Å². The van der Waals surface area contributed by atoms with Crippen molar-refractivity contribution < 1.29 is 13.9 Å². The molecule has 0 aliphatic carbocycles. The Morgan fingerprint density at radius 3 is 2.71 bits per heavy atom. The van der Waals surface area contributed by atoms with E-state index in [-0.39, 0.29) is 5.56 Å². The predicted molar refractivity (Wildman–Crippen MR) is 65.4 cm³/mol. The van der Waals surface area contributed by atoms with Gasteiger partial charge in [0, 0.05) is 0 Å². The summed E-state index contributed by atoms with van der Waals surface area (Å²) in [5.74, 6) is -0.859. The third-order valence-corrected chi connectivity index (χ3v) is 2.54. The highest BCUT2D eigenvalue weighted by atomic mass is 19.1. The number of unbranched alkanes of at least 4 members (excludes halogenated alkanes) is 4. The number of carbonyl (C=O) groups is 1. The Labute approximate surface area is 102 Å². The van der Waals surface area contributed by atoms with Gasteiger partial charge in [-0.1, -0.05) is 38.7 Å². The van der Waals surface area contributed by atoms with Crippen LogP contribution in [0.2, 0.25) is 0 Å². The zero-order valence-corrected chi connectivity index (χ0v) is 10.2. The largest absolute Gasteiger partial charge is 0.462 e. The monoisotopic (exact) mass is 238 g/mol. The molecule has 0 N–H and O–H groups in total. The lowest BCUT2D eigenvalue weighted by Crippen LogP contribution is -2.06. The topological polar surface area (TPSA) is 26.3 Å². The van der Waals surface area contributed by atoms with Gasteiger partial charge < -0.3 is 4.74 Å². The lowest BCUT2D eigenvalue weighted by molar-refractivity contribution is 0.0497. The standard InChI is InChI=1S/C14H19FO2/c1-2-3-4-5-6-10-17-14(16)12-8-7-9-13(15)11-12/h7-9,11H,2-6,10H2,1H3. The highest BCUT2D eigenvalue weighted by Crippen LogP contribution is 2.07. The molecule has 0 aromatic heterocycles. The summed E-state index contributed by atoms with van der Waals surface area (Å²) in [4.78, 5) is 11.5. The molecule has 0 saturated heterocycles. The Morgan fingerprint density at radius 1 is 1.24 bits per heavy atom. The third kappa shape index (κ3) is 5.48. The van der Waals surface area contributed by atoms with Crippen molar-refractivity contribution in [1.29, 1.82) is 0 Å². The molecule has 0 fully saturated rings. The summed E-state index contributed by atoms with van der Waals surface area (Å²) in [7, 11) is 0. The molecule has 1 aromatic rings. The van der Waals surface area contributed by atoms with Crippen LogP contribution in [0.1, 0.15) is 49.4 Å². The molecule has 0 spiro atoms. The maximum atomic E-state index is 12.8. The molecule has 2 nitrogen and oxygen atoms in total. The predicted octanol–water partition coefficient (Wildman–Crippen LogP) is 3.95. The van der Waals surface area contributed by atoms with E-state index in [9.17, 15) is 9.18 Å². The first-order chi connectivity index (χ1) is 8.24. The molecule has 1 rings (SSSR count). The van der Waals surface area contributed by atoms with Crippen molar-refractivity contribution in [2.75, 3.05) is 6.61 Å². The van der Waals surface area contributed by atoms with Crippen LogP contribution in [0, 0.1) is 5.82 Å². The molecular weight excluding hydrogens is 219 g/mol. The molecule has 0 unspecified atom stereocenters. The SMILES string of the molecule is CCCCCCCOC(=O)c1cccc(F)c1. The minimum atomic E-state index is -0.444. The normalized spacial score (nSPS) is 10.2. The first-order valence-corrected chi connectivity index (χ1v) is 6.16. The molecular formula is C14H19FO2. The number of carbonyl (C=O) groups excluding carboxylic acids is 1. The first-order valence-electron chi connectivity index (χ1n) is 6.16. The number of ether oxygens (including phenoxy) is 1. The van der Waals surface area contributed by atoms with Gasteiger partial charge in [0.2, 0.25) is 0 Å². The Hall–Kier alpha value is -1.38. The average molecular weight is 238 g/mol. The molecule has 0 aliphatic rings. The van der Waals surface area contributed by atoms with E-state index in [1.165, 1.54) is 37.5 Å². The van der Waals surface area contributed by atoms with Crippen molar-refractivity contribution in [2.24, 2.45) is 0 Å². The minimum absolute atomic E-state index is 0.276. The van der Waals surface area contributed by atoms with E-state index in [0.29, 0.717) is 6.61 Å². The molecule has 0 saturated carbocycles. The number of rotatable bonds is 7. The summed E-state index contributed by atoms with van der Waals surface area (Å²) < 4.78 is 17.9. The van der Waals surface area contributed by atoms with Crippen LogP contribution in [0.4, 0.5) is 4.39 Å². The van der Waals surface area contributed by atoms with Crippen LogP contribution in [0.25, 0.3) is 0 Å². The van der Waals surface area contributed by atoms with E-state index in [2.05, 4.69) is 6.92 Å². The molecule has 0 heterocycles. The molecule has 0 bridgehead atoms. The van der Waals surface area contributed by atoms with Gasteiger partial charge in [-0.3, -0.25) is 0 Å². The lowest BCUT2D eigenvalue weighted by Gasteiger charge is -2.04. The van der Waals surface area contributed by atoms with E-state index in [0.717, 1.165) is 12.8 Å². The number of halogens is 1. The van der Waals surface area contributed by atoms with Crippen molar-refractivity contribution in [2.45, 2.75) is 39.0 Å². The van der Waals surface area contributed by atoms with Gasteiger partial charge in [0.1, 0.15) is 5.82 Å². The van der Waals surface area contributed by atoms with Crippen molar-refractivity contribution in [3.63, 3.8) is 0 Å². The zero-order chi connectivity index (χ0) is 12.5. The number of hydrogen-bond donors (Lipinski definition) is 0. The summed E-state index contributed by atoms with van der Waals surface area (Å²) >= 11 is 0. The molecule has 0 atom stereocenters. The van der Waals surface area contributed by atoms with Gasteiger partial charge >= 0.3 is 5.97 Å². The molecule has 1 aromatic carbocycles. The van der Waals surface area contributed by atoms with E-state index >= 15 is 0 Å². The third-order valence-electron chi connectivity index (χ3n) is 2.54. The fourth-order valence-electron chi connectivity index (χ4n) is 1.57. The smallest absolute Gasteiger partial charge is 0.338 e. The van der Waals surface area contributed by atoms with Gasteiger partial charge in [0.05, 0.1) is 12.2 Å². The van der Waals surface area contributed by atoms with Crippen molar-refractivity contribution >= 4 is 5.97 Å². The number of hydrogen-bond acceptors (Lipinski definition) is 2. The maximum Gasteiger partial charge on any atom is 0.338 e. The maximum absolute atomic E-state index is 12.8. The Balaban J connectivity index is 2.21. The summed E-state index contributed by atoms with van der Waals surface area (Å²) in [6.45, 7) is 2.57. The van der Waals surface area contributed by atoms with Crippen LogP contribution < -0.4 is 0 Å². The molecule has 3 heteroatoms. The van der Waals surface area contributed by atoms with E-state index in [1.54, 1.807) is 6.07 Å². The minimum Gasteiger partial charge on any atom is -0.462 e. The Kier molecular flexibility index (Phi) is 6.30. The number of esters is 1. The van der Waals surface area contributed by atoms with Gasteiger partial charge in [0.25, 0.3) is 0 Å². The quantitative estimate of drug-likeness (QED) is 0.531. The van der Waals surface area contributed by atoms with Gasteiger partial charge in [-0.15, -0.1) is 0 Å². The Bertz CT molecular complexity index is 350. The van der Waals surface area contributed by atoms with Crippen LogP contribution in [0.5, 0.6) is 0 Å². The molecule has 94 valence electrons. The van der Waals surface area contributed by atoms with Crippen LogP contribution in [-0.4, -0.2) is 12.6 Å². The zero-order valence-electron chi connectivity index (χ0n) is 10.2. The fraction of sp³-hybridized carbons (Fsp3) is 0.500. The van der Waals surface area contributed by atoms with E-state index in [4.69, 9.17) is 4.74 Å². The van der Waals surface area contributed by atoms with Gasteiger partial charge in [-0.25, -0.2) is 9.18 Å². The van der Waals surface area contributed by atoms with Crippen molar-refractivity contribution in [3.05, 3.63) is 35.6 Å². The summed E-state index contributed by atoms with van der Waals surface area (Å²) in [5.41, 5.74) is 0.276. The lowest BCUT2D eigenvalue weighted by atomic mass is 10.2. The van der Waals surface area contributed by atoms with Crippen LogP contribution in [0.3, 0.4) is 0 Å². The van der Waals surface area contributed by atoms with E-state index < -0.39 is 11.8 Å².